The fourth-order valence-corrected chi connectivity index (χ4v) is 0. The van der Waals surface area contributed by atoms with Gasteiger partial charge in [0, 0.05) is 0 Å². The van der Waals surface area contributed by atoms with Crippen molar-refractivity contribution in [2.45, 2.75) is 0 Å². The second kappa shape index (κ2) is 232. The van der Waals surface area contributed by atoms with Crippen molar-refractivity contribution in [3.8, 4) is 0 Å². The molecule has 224 valence electrons. The molecular formula is H8B8K24O28. The molecule has 0 radical (unpaired) electrons. The molecule has 0 heterocycles. The second-order valence-electron chi connectivity index (χ2n) is 2.31. The van der Waals surface area contributed by atoms with Crippen LogP contribution in [0.25, 0.3) is 0 Å². The standard InChI is InChI=1S/8BO3.24K.4H2O/c8*2-1(3)4;;;;;;;;;;;;;;;;;;;;;;;;;;;;/h;;;;;;;;;;;;;;;;;;;;;;;;;;;;;;;;4*1H2/q8*-3;24*+1;;;;. The van der Waals surface area contributed by atoms with Crippen molar-refractivity contribution in [2.24, 2.45) is 0 Å². The minimum Gasteiger partial charge on any atom is -0.907 e. The van der Waals surface area contributed by atoms with E-state index in [9.17, 15) is 0 Å². The predicted octanol–water partition coefficient (Wildman–Crippen LogP) is -107. The van der Waals surface area contributed by atoms with Gasteiger partial charge in [0.05, 0.1) is 0 Å². The van der Waals surface area contributed by atoms with Crippen molar-refractivity contribution in [2.75, 3.05) is 0 Å². The zero-order valence-corrected chi connectivity index (χ0v) is 115. The van der Waals surface area contributed by atoms with Crippen LogP contribution in [-0.4, -0.2) is 80.5 Å². The van der Waals surface area contributed by atoms with Gasteiger partial charge in [-0.1, -0.05) is 0 Å². The Bertz CT molecular complexity index is 196. The summed E-state index contributed by atoms with van der Waals surface area (Å²) >= 11 is 0. The monoisotopic (exact) mass is 1480 g/mol. The predicted molar refractivity (Wildman–Crippen MR) is 60.5 cm³/mol. The van der Waals surface area contributed by atoms with Gasteiger partial charge in [-0.2, -0.15) is 0 Å². The molecule has 0 aromatic rings. The van der Waals surface area contributed by atoms with Crippen LogP contribution in [0.3, 0.4) is 0 Å². The van der Waals surface area contributed by atoms with Crippen LogP contribution in [-0.2, 0) is 0 Å². The van der Waals surface area contributed by atoms with Crippen LogP contribution < -0.4 is 1350 Å². The van der Waals surface area contributed by atoms with Crippen LogP contribution in [0.15, 0.2) is 0 Å². The van der Waals surface area contributed by atoms with Crippen LogP contribution >= 0.6 is 0 Å². The van der Waals surface area contributed by atoms with E-state index < -0.39 is 58.6 Å². The van der Waals surface area contributed by atoms with Crippen molar-refractivity contribution in [1.82, 2.24) is 0 Å². The molecule has 0 spiro atoms. The van der Waals surface area contributed by atoms with E-state index in [1.807, 2.05) is 0 Å². The first-order valence-electron chi connectivity index (χ1n) is 5.66. The third-order valence-electron chi connectivity index (χ3n) is 0. The summed E-state index contributed by atoms with van der Waals surface area (Å²) in [6.07, 6.45) is 0. The van der Waals surface area contributed by atoms with E-state index in [-0.39, 0.29) is 1260 Å². The SMILES string of the molecule is O.O.O.O.[K+].[K+].[K+].[K+].[K+].[K+].[K+].[K+].[K+].[K+].[K+].[K+].[K+].[K+].[K+].[K+].[K+].[K+].[K+].[K+].[K+].[K+].[K+].[K+].[O-]B([O-])[O-].[O-]B([O-])[O-].[O-]B([O-])[O-].[O-]B([O-])[O-].[O-]B([O-])[O-].[O-]B([O-])[O-].[O-]B([O-])[O-].[O-]B([O-])[O-]. The first kappa shape index (κ1) is 240. The van der Waals surface area contributed by atoms with Crippen molar-refractivity contribution < 1.29 is 1380 Å². The summed E-state index contributed by atoms with van der Waals surface area (Å²) in [5.74, 6) is 0. The molecule has 0 aliphatic heterocycles. The zero-order chi connectivity index (χ0) is 28.6. The van der Waals surface area contributed by atoms with E-state index >= 15 is 0 Å². The van der Waals surface area contributed by atoms with Gasteiger partial charge in [-0.05, 0) is 0 Å². The van der Waals surface area contributed by atoms with E-state index in [0.717, 1.165) is 0 Å². The largest absolute Gasteiger partial charge is 1.00 e. The Balaban J connectivity index is -0.00000000303. The first-order chi connectivity index (χ1) is 13.9. The summed E-state index contributed by atoms with van der Waals surface area (Å²) in [4.78, 5) is 0. The summed E-state index contributed by atoms with van der Waals surface area (Å²) in [6.45, 7) is 0. The fourth-order valence-electron chi connectivity index (χ4n) is 0. The minimum atomic E-state index is -2.92. The molecule has 8 N–H and O–H groups in total. The molecule has 0 atom stereocenters. The summed E-state index contributed by atoms with van der Waals surface area (Å²) in [7, 11) is -23.3. The quantitative estimate of drug-likeness (QED) is 0.203. The topological polar surface area (TPSA) is 679 Å². The van der Waals surface area contributed by atoms with E-state index in [0.29, 0.717) is 0 Å². The molecule has 0 aromatic carbocycles. The molecule has 0 rings (SSSR count). The molecule has 0 aliphatic rings. The molecule has 0 aromatic heterocycles. The fraction of sp³-hybridized carbons (Fsp3) is 0. The Morgan fingerprint density at radius 1 is 0.100 bits per heavy atom. The van der Waals surface area contributed by atoms with Gasteiger partial charge in [0.25, 0.3) is 0 Å². The Hall–Kier alpha value is 38.7. The maximum atomic E-state index is 8.42. The molecule has 0 aliphatic carbocycles. The number of rotatable bonds is 0. The van der Waals surface area contributed by atoms with Crippen LogP contribution in [0, 0.1) is 0 Å². The van der Waals surface area contributed by atoms with Crippen molar-refractivity contribution in [3.63, 3.8) is 0 Å². The molecule has 0 saturated carbocycles. The van der Waals surface area contributed by atoms with Crippen LogP contribution in [0.1, 0.15) is 0 Å². The van der Waals surface area contributed by atoms with Crippen molar-refractivity contribution in [1.29, 1.82) is 0 Å². The molecule has 60 heteroatoms. The van der Waals surface area contributed by atoms with Gasteiger partial charge in [0.15, 0.2) is 0 Å². The molecular weight excluding hydrogens is 1470 g/mol. The summed E-state index contributed by atoms with van der Waals surface area (Å²) in [5.41, 5.74) is 0. The maximum absolute atomic E-state index is 8.42. The molecule has 0 unspecified atom stereocenters. The molecule has 0 fully saturated rings. The summed E-state index contributed by atoms with van der Waals surface area (Å²) < 4.78 is 0. The third-order valence-corrected chi connectivity index (χ3v) is 0. The number of hydrogen-bond acceptors (Lipinski definition) is 24. The van der Waals surface area contributed by atoms with Crippen LogP contribution in [0.2, 0.25) is 0 Å². The van der Waals surface area contributed by atoms with Gasteiger partial charge in [-0.3, -0.25) is 58.6 Å². The van der Waals surface area contributed by atoms with Crippen LogP contribution in [0.5, 0.6) is 0 Å². The molecule has 28 nitrogen and oxygen atoms in total. The Morgan fingerprint density at radius 3 is 0.100 bits per heavy atom. The molecule has 60 heavy (non-hydrogen) atoms. The average Bonchev–Trinajstić information content (AvgIpc) is 2.30. The van der Waals surface area contributed by atoms with Crippen molar-refractivity contribution >= 4 is 58.6 Å². The van der Waals surface area contributed by atoms with Gasteiger partial charge >= 0.3 is 1230 Å². The van der Waals surface area contributed by atoms with Gasteiger partial charge in [-0.25, -0.2) is 0 Å². The maximum Gasteiger partial charge on any atom is 1.00 e. The Labute approximate surface area is 1380 Å². The Kier molecular flexibility index (Phi) is 928. The van der Waals surface area contributed by atoms with Gasteiger partial charge in [0.2, 0.25) is 0 Å². The normalized spacial score (nSPS) is 3.60. The molecule has 0 amide bonds. The van der Waals surface area contributed by atoms with E-state index in [4.69, 9.17) is 121 Å². The first-order valence-corrected chi connectivity index (χ1v) is 5.66. The minimum absolute atomic E-state index is 0. The van der Waals surface area contributed by atoms with Gasteiger partial charge in [-0.15, -0.1) is 0 Å². The number of hydrogen-bond donors (Lipinski definition) is 0. The third kappa shape index (κ3) is 592. The molecule has 0 bridgehead atoms. The smallest absolute Gasteiger partial charge is 0.907 e. The molecule has 0 saturated heterocycles. The second-order valence-corrected chi connectivity index (χ2v) is 2.31. The van der Waals surface area contributed by atoms with Crippen LogP contribution in [0.4, 0.5) is 0 Å². The summed E-state index contributed by atoms with van der Waals surface area (Å²) in [6, 6.07) is 0. The van der Waals surface area contributed by atoms with E-state index in [2.05, 4.69) is 0 Å². The van der Waals surface area contributed by atoms with Gasteiger partial charge < -0.3 is 142 Å². The van der Waals surface area contributed by atoms with Crippen molar-refractivity contribution in [3.05, 3.63) is 0 Å². The average molecular weight is 1480 g/mol. The Morgan fingerprint density at radius 2 is 0.100 bits per heavy atom. The zero-order valence-electron chi connectivity index (χ0n) is 40.4. The van der Waals surface area contributed by atoms with E-state index in [1.54, 1.807) is 0 Å². The van der Waals surface area contributed by atoms with E-state index in [1.165, 1.54) is 0 Å². The van der Waals surface area contributed by atoms with Gasteiger partial charge in [0.1, 0.15) is 0 Å². The summed E-state index contributed by atoms with van der Waals surface area (Å²) in [5, 5.41) is 202.